The molecule has 0 atom stereocenters. The number of thiophene rings is 1. The van der Waals surface area contributed by atoms with Gasteiger partial charge in [-0.15, -0.1) is 11.3 Å². The molecular weight excluding hydrogens is 319 g/mol. The van der Waals surface area contributed by atoms with Crippen molar-refractivity contribution in [2.24, 2.45) is 0 Å². The first-order valence-corrected chi connectivity index (χ1v) is 7.64. The molecule has 23 heavy (non-hydrogen) atoms. The number of aromatic nitrogens is 3. The van der Waals surface area contributed by atoms with Crippen molar-refractivity contribution in [2.45, 2.75) is 13.2 Å². The van der Waals surface area contributed by atoms with Crippen molar-refractivity contribution in [3.63, 3.8) is 0 Å². The third-order valence-electron chi connectivity index (χ3n) is 2.91. The number of rotatable bonds is 6. The zero-order valence-corrected chi connectivity index (χ0v) is 12.8. The SMILES string of the molecule is Oc1ccc(CNc2nc(OCc3cccs3)ncc2F)cn1. The van der Waals surface area contributed by atoms with E-state index in [0.29, 0.717) is 13.2 Å². The van der Waals surface area contributed by atoms with Gasteiger partial charge in [0.1, 0.15) is 6.61 Å². The van der Waals surface area contributed by atoms with Crippen LogP contribution in [0.25, 0.3) is 0 Å². The molecule has 8 heteroatoms. The largest absolute Gasteiger partial charge is 0.493 e. The standard InChI is InChI=1S/C15H13FN4O2S/c16-12-8-19-15(22-9-11-2-1-5-23-11)20-14(12)18-7-10-3-4-13(21)17-6-10/h1-6,8H,7,9H2,(H,17,21)(H,18,19,20). The van der Waals surface area contributed by atoms with Crippen LogP contribution >= 0.6 is 11.3 Å². The van der Waals surface area contributed by atoms with E-state index in [0.717, 1.165) is 16.6 Å². The van der Waals surface area contributed by atoms with Crippen LogP contribution in [0.4, 0.5) is 10.2 Å². The Balaban J connectivity index is 1.64. The second-order valence-electron chi connectivity index (χ2n) is 4.60. The Bertz CT molecular complexity index is 766. The van der Waals surface area contributed by atoms with E-state index in [1.165, 1.54) is 12.3 Å². The van der Waals surface area contributed by atoms with E-state index in [2.05, 4.69) is 20.3 Å². The fraction of sp³-hybridized carbons (Fsp3) is 0.133. The Morgan fingerprint density at radius 3 is 2.87 bits per heavy atom. The van der Waals surface area contributed by atoms with Crippen molar-refractivity contribution in [2.75, 3.05) is 5.32 Å². The number of nitrogens with one attached hydrogen (secondary N) is 1. The van der Waals surface area contributed by atoms with E-state index in [4.69, 9.17) is 9.84 Å². The highest BCUT2D eigenvalue weighted by molar-refractivity contribution is 7.09. The van der Waals surface area contributed by atoms with Gasteiger partial charge in [0.25, 0.3) is 0 Å². The molecule has 3 aromatic rings. The molecule has 3 rings (SSSR count). The first-order chi connectivity index (χ1) is 11.2. The zero-order valence-electron chi connectivity index (χ0n) is 11.9. The summed E-state index contributed by atoms with van der Waals surface area (Å²) in [6, 6.07) is 7.11. The van der Waals surface area contributed by atoms with Gasteiger partial charge in [-0.25, -0.2) is 14.4 Å². The predicted octanol–water partition coefficient (Wildman–Crippen LogP) is 2.97. The fourth-order valence-electron chi connectivity index (χ4n) is 1.78. The number of anilines is 1. The molecule has 0 saturated heterocycles. The summed E-state index contributed by atoms with van der Waals surface area (Å²) in [5, 5.41) is 13.9. The van der Waals surface area contributed by atoms with Gasteiger partial charge in [0.2, 0.25) is 5.88 Å². The summed E-state index contributed by atoms with van der Waals surface area (Å²) in [6.07, 6.45) is 2.56. The molecule has 0 fully saturated rings. The molecule has 0 aliphatic rings. The molecular formula is C15H13FN4O2S. The van der Waals surface area contributed by atoms with Crippen LogP contribution < -0.4 is 10.1 Å². The van der Waals surface area contributed by atoms with Crippen LogP contribution in [-0.4, -0.2) is 20.1 Å². The van der Waals surface area contributed by atoms with Gasteiger partial charge >= 0.3 is 6.01 Å². The molecule has 2 N–H and O–H groups in total. The number of hydrogen-bond acceptors (Lipinski definition) is 7. The highest BCUT2D eigenvalue weighted by atomic mass is 32.1. The Morgan fingerprint density at radius 2 is 2.13 bits per heavy atom. The van der Waals surface area contributed by atoms with Crippen molar-refractivity contribution in [3.8, 4) is 11.9 Å². The summed E-state index contributed by atoms with van der Waals surface area (Å²) in [6.45, 7) is 0.649. The maximum absolute atomic E-state index is 13.8. The Morgan fingerprint density at radius 1 is 1.22 bits per heavy atom. The Labute approximate surface area is 135 Å². The van der Waals surface area contributed by atoms with Crippen LogP contribution in [0.5, 0.6) is 11.9 Å². The maximum Gasteiger partial charge on any atom is 0.318 e. The monoisotopic (exact) mass is 332 g/mol. The summed E-state index contributed by atoms with van der Waals surface area (Å²) < 4.78 is 19.2. The van der Waals surface area contributed by atoms with Gasteiger partial charge in [-0.3, -0.25) is 0 Å². The quantitative estimate of drug-likeness (QED) is 0.722. The van der Waals surface area contributed by atoms with Gasteiger partial charge in [0, 0.05) is 23.7 Å². The van der Waals surface area contributed by atoms with E-state index in [9.17, 15) is 4.39 Å². The van der Waals surface area contributed by atoms with Crippen LogP contribution in [0.15, 0.2) is 42.0 Å². The molecule has 0 unspecified atom stereocenters. The predicted molar refractivity (Wildman–Crippen MR) is 83.9 cm³/mol. The number of ether oxygens (including phenoxy) is 1. The van der Waals surface area contributed by atoms with E-state index in [-0.39, 0.29) is 17.7 Å². The average Bonchev–Trinajstić information content (AvgIpc) is 3.08. The lowest BCUT2D eigenvalue weighted by atomic mass is 10.3. The molecule has 0 saturated carbocycles. The first kappa shape index (κ1) is 15.2. The van der Waals surface area contributed by atoms with E-state index >= 15 is 0 Å². The summed E-state index contributed by atoms with van der Waals surface area (Å²) >= 11 is 1.56. The first-order valence-electron chi connectivity index (χ1n) is 6.76. The van der Waals surface area contributed by atoms with Crippen molar-refractivity contribution in [1.29, 1.82) is 0 Å². The minimum atomic E-state index is -0.569. The topological polar surface area (TPSA) is 80.2 Å². The van der Waals surface area contributed by atoms with Crippen molar-refractivity contribution < 1.29 is 14.2 Å². The lowest BCUT2D eigenvalue weighted by Crippen LogP contribution is -2.07. The number of pyridine rings is 1. The molecule has 6 nitrogen and oxygen atoms in total. The number of aromatic hydroxyl groups is 1. The fourth-order valence-corrected chi connectivity index (χ4v) is 2.40. The van der Waals surface area contributed by atoms with Crippen molar-refractivity contribution in [1.82, 2.24) is 15.0 Å². The third kappa shape index (κ3) is 4.13. The zero-order chi connectivity index (χ0) is 16.1. The van der Waals surface area contributed by atoms with Crippen LogP contribution in [0.3, 0.4) is 0 Å². The molecule has 3 heterocycles. The van der Waals surface area contributed by atoms with Gasteiger partial charge in [-0.1, -0.05) is 12.1 Å². The summed E-state index contributed by atoms with van der Waals surface area (Å²) in [7, 11) is 0. The van der Waals surface area contributed by atoms with Gasteiger partial charge in [-0.2, -0.15) is 4.98 Å². The minimum Gasteiger partial charge on any atom is -0.493 e. The Kier molecular flexibility index (Phi) is 4.62. The van der Waals surface area contributed by atoms with Gasteiger partial charge in [-0.05, 0) is 17.0 Å². The molecule has 3 aromatic heterocycles. The van der Waals surface area contributed by atoms with Crippen LogP contribution in [0, 0.1) is 5.82 Å². The number of hydrogen-bond donors (Lipinski definition) is 2. The second kappa shape index (κ2) is 7.01. The molecule has 0 amide bonds. The number of nitrogens with zero attached hydrogens (tertiary/aromatic N) is 3. The molecule has 0 bridgehead atoms. The minimum absolute atomic E-state index is 0.0502. The third-order valence-corrected chi connectivity index (χ3v) is 3.76. The van der Waals surface area contributed by atoms with Crippen LogP contribution in [-0.2, 0) is 13.2 Å². The molecule has 0 aromatic carbocycles. The summed E-state index contributed by atoms with van der Waals surface area (Å²) in [4.78, 5) is 12.6. The molecule has 0 aliphatic carbocycles. The van der Waals surface area contributed by atoms with E-state index in [1.807, 2.05) is 17.5 Å². The Hall–Kier alpha value is -2.74. The molecule has 118 valence electrons. The van der Waals surface area contributed by atoms with Crippen LogP contribution in [0.2, 0.25) is 0 Å². The second-order valence-corrected chi connectivity index (χ2v) is 5.63. The summed E-state index contributed by atoms with van der Waals surface area (Å²) in [5.41, 5.74) is 0.780. The van der Waals surface area contributed by atoms with E-state index in [1.54, 1.807) is 17.4 Å². The van der Waals surface area contributed by atoms with Gasteiger partial charge in [0.05, 0.1) is 6.20 Å². The van der Waals surface area contributed by atoms with Crippen molar-refractivity contribution in [3.05, 3.63) is 58.3 Å². The maximum atomic E-state index is 13.8. The lowest BCUT2D eigenvalue weighted by molar-refractivity contribution is 0.283. The lowest BCUT2D eigenvalue weighted by Gasteiger charge is -2.08. The highest BCUT2D eigenvalue weighted by Gasteiger charge is 2.08. The van der Waals surface area contributed by atoms with Crippen LogP contribution in [0.1, 0.15) is 10.4 Å². The number of halogens is 1. The van der Waals surface area contributed by atoms with Crippen molar-refractivity contribution >= 4 is 17.2 Å². The molecule has 0 spiro atoms. The highest BCUT2D eigenvalue weighted by Crippen LogP contribution is 2.17. The molecule has 0 aliphatic heterocycles. The van der Waals surface area contributed by atoms with E-state index < -0.39 is 5.82 Å². The summed E-state index contributed by atoms with van der Waals surface area (Å²) in [5.74, 6) is -0.583. The van der Waals surface area contributed by atoms with Gasteiger partial charge < -0.3 is 15.2 Å². The molecule has 0 radical (unpaired) electrons. The normalized spacial score (nSPS) is 10.5. The smallest absolute Gasteiger partial charge is 0.318 e. The average molecular weight is 332 g/mol. The van der Waals surface area contributed by atoms with Gasteiger partial charge in [0.15, 0.2) is 11.6 Å².